The van der Waals surface area contributed by atoms with E-state index < -0.39 is 0 Å². The first-order chi connectivity index (χ1) is 11.6. The highest BCUT2D eigenvalue weighted by Gasteiger charge is 2.29. The summed E-state index contributed by atoms with van der Waals surface area (Å²) in [5, 5.41) is 2.65. The average molecular weight is 344 g/mol. The summed E-state index contributed by atoms with van der Waals surface area (Å²) in [6.07, 6.45) is 1.62. The van der Waals surface area contributed by atoms with Crippen molar-refractivity contribution in [1.82, 2.24) is 20.1 Å². The van der Waals surface area contributed by atoms with Gasteiger partial charge in [0, 0.05) is 32.2 Å². The lowest BCUT2D eigenvalue weighted by molar-refractivity contribution is 0.0550. The molecule has 1 N–H and O–H groups in total. The summed E-state index contributed by atoms with van der Waals surface area (Å²) >= 11 is 1.36. The predicted octanol–water partition coefficient (Wildman–Crippen LogP) is 1.63. The molecular formula is C17H20N4O2S. The van der Waals surface area contributed by atoms with Crippen LogP contribution in [-0.2, 0) is 0 Å². The smallest absolute Gasteiger partial charge is 0.265 e. The van der Waals surface area contributed by atoms with Crippen molar-refractivity contribution in [2.45, 2.75) is 6.04 Å². The van der Waals surface area contributed by atoms with E-state index in [9.17, 15) is 9.59 Å². The molecule has 2 amide bonds. The van der Waals surface area contributed by atoms with Crippen LogP contribution in [0.4, 0.5) is 0 Å². The SMILES string of the molecule is CNC(=O)c1cccc(C2CN(C(=O)c3cncs3)CCN2C)c1. The number of rotatable bonds is 3. The van der Waals surface area contributed by atoms with Crippen LogP contribution in [0.25, 0.3) is 0 Å². The standard InChI is InChI=1S/C17H20N4O2S/c1-18-16(22)13-5-3-4-12(8-13)14-10-21(7-6-20(14)2)17(23)15-9-19-11-24-15/h3-5,8-9,11,14H,6-7,10H2,1-2H3,(H,18,22). The first-order valence-corrected chi connectivity index (χ1v) is 8.68. The summed E-state index contributed by atoms with van der Waals surface area (Å²) in [5.74, 6) is -0.0778. The van der Waals surface area contributed by atoms with Crippen LogP contribution in [-0.4, -0.2) is 60.3 Å². The molecule has 1 aliphatic heterocycles. The van der Waals surface area contributed by atoms with Crippen LogP contribution in [0, 0.1) is 0 Å². The van der Waals surface area contributed by atoms with E-state index in [0.29, 0.717) is 23.5 Å². The molecule has 3 rings (SSSR count). The predicted molar refractivity (Wildman–Crippen MR) is 93.2 cm³/mol. The van der Waals surface area contributed by atoms with E-state index in [1.54, 1.807) is 24.8 Å². The van der Waals surface area contributed by atoms with Gasteiger partial charge in [-0.1, -0.05) is 12.1 Å². The molecule has 6 nitrogen and oxygen atoms in total. The van der Waals surface area contributed by atoms with Gasteiger partial charge in [0.05, 0.1) is 17.7 Å². The van der Waals surface area contributed by atoms with Crippen LogP contribution >= 0.6 is 11.3 Å². The van der Waals surface area contributed by atoms with Gasteiger partial charge in [0.25, 0.3) is 11.8 Å². The molecule has 0 spiro atoms. The lowest BCUT2D eigenvalue weighted by Gasteiger charge is -2.39. The Kier molecular flexibility index (Phi) is 4.92. The molecule has 1 aromatic carbocycles. The topological polar surface area (TPSA) is 65.5 Å². The number of nitrogens with one attached hydrogen (secondary N) is 1. The van der Waals surface area contributed by atoms with Crippen LogP contribution in [0.5, 0.6) is 0 Å². The van der Waals surface area contributed by atoms with E-state index in [-0.39, 0.29) is 17.9 Å². The minimum atomic E-state index is -0.104. The maximum absolute atomic E-state index is 12.6. The van der Waals surface area contributed by atoms with Crippen molar-refractivity contribution in [3.05, 3.63) is 52.0 Å². The Morgan fingerprint density at radius 1 is 1.33 bits per heavy atom. The third kappa shape index (κ3) is 3.32. The number of piperazine rings is 1. The van der Waals surface area contributed by atoms with Crippen molar-refractivity contribution in [1.29, 1.82) is 0 Å². The number of carbonyl (C=O) groups is 2. The fraction of sp³-hybridized carbons (Fsp3) is 0.353. The molecule has 24 heavy (non-hydrogen) atoms. The van der Waals surface area contributed by atoms with Gasteiger partial charge in [-0.25, -0.2) is 0 Å². The average Bonchev–Trinajstić information content (AvgIpc) is 3.15. The van der Waals surface area contributed by atoms with Gasteiger partial charge in [0.2, 0.25) is 0 Å². The molecule has 2 heterocycles. The Balaban J connectivity index is 1.81. The maximum atomic E-state index is 12.6. The van der Waals surface area contributed by atoms with E-state index in [0.717, 1.165) is 12.1 Å². The first kappa shape index (κ1) is 16.6. The Morgan fingerprint density at radius 2 is 2.17 bits per heavy atom. The number of aromatic nitrogens is 1. The number of nitrogens with zero attached hydrogens (tertiary/aromatic N) is 3. The van der Waals surface area contributed by atoms with Gasteiger partial charge in [0.1, 0.15) is 4.88 Å². The zero-order valence-corrected chi connectivity index (χ0v) is 14.5. The number of thiazole rings is 1. The van der Waals surface area contributed by atoms with E-state index >= 15 is 0 Å². The quantitative estimate of drug-likeness (QED) is 0.919. The van der Waals surface area contributed by atoms with Crippen molar-refractivity contribution in [2.24, 2.45) is 0 Å². The van der Waals surface area contributed by atoms with Gasteiger partial charge < -0.3 is 10.2 Å². The number of hydrogen-bond acceptors (Lipinski definition) is 5. The molecule has 0 saturated carbocycles. The van der Waals surface area contributed by atoms with Gasteiger partial charge in [-0.3, -0.25) is 19.5 Å². The fourth-order valence-corrected chi connectivity index (χ4v) is 3.51. The Morgan fingerprint density at radius 3 is 2.88 bits per heavy atom. The summed E-state index contributed by atoms with van der Waals surface area (Å²) in [5.41, 5.74) is 3.35. The third-order valence-corrected chi connectivity index (χ3v) is 5.10. The summed E-state index contributed by atoms with van der Waals surface area (Å²) in [6.45, 7) is 2.09. The second-order valence-electron chi connectivity index (χ2n) is 5.82. The molecule has 1 fully saturated rings. The van der Waals surface area contributed by atoms with Crippen molar-refractivity contribution < 1.29 is 9.59 Å². The second kappa shape index (κ2) is 7.11. The summed E-state index contributed by atoms with van der Waals surface area (Å²) in [6, 6.07) is 7.66. The Bertz CT molecular complexity index is 732. The molecule has 126 valence electrons. The molecule has 7 heteroatoms. The molecule has 0 aliphatic carbocycles. The Hall–Kier alpha value is -2.25. The minimum absolute atomic E-state index is 0.0260. The molecule has 1 aliphatic rings. The van der Waals surface area contributed by atoms with Gasteiger partial charge in [-0.15, -0.1) is 11.3 Å². The molecule has 0 bridgehead atoms. The fourth-order valence-electron chi connectivity index (χ4n) is 2.93. The van der Waals surface area contributed by atoms with E-state index in [1.807, 2.05) is 30.1 Å². The van der Waals surface area contributed by atoms with Crippen molar-refractivity contribution in [2.75, 3.05) is 33.7 Å². The highest BCUT2D eigenvalue weighted by atomic mass is 32.1. The molecule has 1 unspecified atom stereocenters. The lowest BCUT2D eigenvalue weighted by atomic mass is 10.00. The summed E-state index contributed by atoms with van der Waals surface area (Å²) in [7, 11) is 3.67. The highest BCUT2D eigenvalue weighted by molar-refractivity contribution is 7.11. The van der Waals surface area contributed by atoms with Crippen molar-refractivity contribution >= 4 is 23.2 Å². The van der Waals surface area contributed by atoms with Gasteiger partial charge in [0.15, 0.2) is 0 Å². The number of likely N-dealkylation sites (N-methyl/N-ethyl adjacent to an activating group) is 1. The summed E-state index contributed by atoms with van der Waals surface area (Å²) in [4.78, 5) is 33.2. The molecule has 2 aromatic rings. The normalized spacial score (nSPS) is 18.4. The van der Waals surface area contributed by atoms with Crippen LogP contribution in [0.3, 0.4) is 0 Å². The maximum Gasteiger partial charge on any atom is 0.265 e. The van der Waals surface area contributed by atoms with Crippen LogP contribution in [0.2, 0.25) is 0 Å². The second-order valence-corrected chi connectivity index (χ2v) is 6.70. The largest absolute Gasteiger partial charge is 0.355 e. The number of amides is 2. The van der Waals surface area contributed by atoms with Gasteiger partial charge in [-0.05, 0) is 24.7 Å². The number of hydrogen-bond donors (Lipinski definition) is 1. The van der Waals surface area contributed by atoms with E-state index in [2.05, 4.69) is 15.2 Å². The third-order valence-electron chi connectivity index (χ3n) is 4.34. The monoisotopic (exact) mass is 344 g/mol. The first-order valence-electron chi connectivity index (χ1n) is 7.80. The zero-order chi connectivity index (χ0) is 17.1. The zero-order valence-electron chi connectivity index (χ0n) is 13.7. The number of benzene rings is 1. The Labute approximate surface area is 145 Å². The van der Waals surface area contributed by atoms with Crippen LogP contribution in [0.1, 0.15) is 31.6 Å². The molecule has 0 radical (unpaired) electrons. The van der Waals surface area contributed by atoms with E-state index in [1.165, 1.54) is 11.3 Å². The lowest BCUT2D eigenvalue weighted by Crippen LogP contribution is -2.48. The molecular weight excluding hydrogens is 324 g/mol. The van der Waals surface area contributed by atoms with Crippen molar-refractivity contribution in [3.8, 4) is 0 Å². The van der Waals surface area contributed by atoms with Crippen LogP contribution < -0.4 is 5.32 Å². The summed E-state index contributed by atoms with van der Waals surface area (Å²) < 4.78 is 0. The number of carbonyl (C=O) groups excluding carboxylic acids is 2. The van der Waals surface area contributed by atoms with Crippen LogP contribution in [0.15, 0.2) is 36.0 Å². The van der Waals surface area contributed by atoms with Crippen molar-refractivity contribution in [3.63, 3.8) is 0 Å². The molecule has 1 atom stereocenters. The molecule has 1 aromatic heterocycles. The van der Waals surface area contributed by atoms with Gasteiger partial charge >= 0.3 is 0 Å². The molecule has 1 saturated heterocycles. The minimum Gasteiger partial charge on any atom is -0.355 e. The van der Waals surface area contributed by atoms with Gasteiger partial charge in [-0.2, -0.15) is 0 Å². The highest BCUT2D eigenvalue weighted by Crippen LogP contribution is 2.26. The van der Waals surface area contributed by atoms with E-state index in [4.69, 9.17) is 0 Å².